The number of nitrogens with one attached hydrogen (secondary N) is 1. The van der Waals surface area contributed by atoms with Crippen molar-refractivity contribution in [1.29, 1.82) is 0 Å². The summed E-state index contributed by atoms with van der Waals surface area (Å²) in [5, 5.41) is 2.98. The molecular formula is C17H18FNO. The number of halogens is 1. The van der Waals surface area contributed by atoms with Gasteiger partial charge in [0.25, 0.3) is 0 Å². The molecule has 0 fully saturated rings. The topological polar surface area (TPSA) is 21.3 Å². The van der Waals surface area contributed by atoms with Gasteiger partial charge in [-0.25, -0.2) is 4.39 Å². The van der Waals surface area contributed by atoms with Crippen molar-refractivity contribution in [2.75, 3.05) is 13.7 Å². The second-order valence-electron chi connectivity index (χ2n) is 4.42. The molecule has 20 heavy (non-hydrogen) atoms. The van der Waals surface area contributed by atoms with Crippen molar-refractivity contribution < 1.29 is 9.13 Å². The van der Waals surface area contributed by atoms with Crippen LogP contribution in [-0.2, 0) is 6.54 Å². The SMILES string of the molecule is CNCc1ccc(OC/C=C/c2ccccc2)c(F)c1. The van der Waals surface area contributed by atoms with Crippen molar-refractivity contribution in [3.05, 3.63) is 71.6 Å². The largest absolute Gasteiger partial charge is 0.486 e. The Labute approximate surface area is 118 Å². The van der Waals surface area contributed by atoms with Crippen LogP contribution in [-0.4, -0.2) is 13.7 Å². The Kier molecular flexibility index (Phi) is 5.33. The summed E-state index contributed by atoms with van der Waals surface area (Å²) in [7, 11) is 1.83. The Morgan fingerprint density at radius 3 is 2.65 bits per heavy atom. The molecule has 2 nitrogen and oxygen atoms in total. The van der Waals surface area contributed by atoms with E-state index < -0.39 is 0 Å². The fourth-order valence-electron chi connectivity index (χ4n) is 1.86. The molecule has 3 heteroatoms. The van der Waals surface area contributed by atoms with Gasteiger partial charge >= 0.3 is 0 Å². The number of rotatable bonds is 6. The normalized spacial score (nSPS) is 10.9. The van der Waals surface area contributed by atoms with Gasteiger partial charge in [-0.05, 0) is 36.4 Å². The van der Waals surface area contributed by atoms with Crippen LogP contribution in [0.1, 0.15) is 11.1 Å². The van der Waals surface area contributed by atoms with Gasteiger partial charge in [0.2, 0.25) is 0 Å². The molecule has 0 bridgehead atoms. The Bertz CT molecular complexity index is 566. The van der Waals surface area contributed by atoms with E-state index in [-0.39, 0.29) is 11.6 Å². The molecule has 2 aromatic rings. The first-order valence-corrected chi connectivity index (χ1v) is 6.57. The van der Waals surface area contributed by atoms with Gasteiger partial charge in [-0.3, -0.25) is 0 Å². The Hall–Kier alpha value is -2.13. The van der Waals surface area contributed by atoms with Crippen molar-refractivity contribution in [2.24, 2.45) is 0 Å². The van der Waals surface area contributed by atoms with Crippen molar-refractivity contribution in [1.82, 2.24) is 5.32 Å². The van der Waals surface area contributed by atoms with Crippen molar-refractivity contribution in [3.8, 4) is 5.75 Å². The summed E-state index contributed by atoms with van der Waals surface area (Å²) in [5.41, 5.74) is 2.00. The van der Waals surface area contributed by atoms with Gasteiger partial charge < -0.3 is 10.1 Å². The van der Waals surface area contributed by atoms with Crippen LogP contribution in [0, 0.1) is 5.82 Å². The van der Waals surface area contributed by atoms with Crippen molar-refractivity contribution in [3.63, 3.8) is 0 Å². The summed E-state index contributed by atoms with van der Waals surface area (Å²) in [6, 6.07) is 14.9. The fourth-order valence-corrected chi connectivity index (χ4v) is 1.86. The molecule has 0 atom stereocenters. The molecular weight excluding hydrogens is 253 g/mol. The lowest BCUT2D eigenvalue weighted by Gasteiger charge is -2.06. The summed E-state index contributed by atoms with van der Waals surface area (Å²) >= 11 is 0. The highest BCUT2D eigenvalue weighted by Gasteiger charge is 2.03. The predicted octanol–water partition coefficient (Wildman–Crippen LogP) is 3.64. The lowest BCUT2D eigenvalue weighted by Crippen LogP contribution is -2.05. The third-order valence-electron chi connectivity index (χ3n) is 2.82. The Morgan fingerprint density at radius 1 is 1.15 bits per heavy atom. The Balaban J connectivity index is 1.89. The number of benzene rings is 2. The molecule has 0 aromatic heterocycles. The average Bonchev–Trinajstić information content (AvgIpc) is 2.47. The monoisotopic (exact) mass is 271 g/mol. The minimum Gasteiger partial charge on any atom is -0.486 e. The first kappa shape index (κ1) is 14.3. The third-order valence-corrected chi connectivity index (χ3v) is 2.82. The summed E-state index contributed by atoms with van der Waals surface area (Å²) in [6.07, 6.45) is 3.82. The number of ether oxygens (including phenoxy) is 1. The lowest BCUT2D eigenvalue weighted by atomic mass is 10.2. The molecule has 0 amide bonds. The second kappa shape index (κ2) is 7.46. The second-order valence-corrected chi connectivity index (χ2v) is 4.42. The van der Waals surface area contributed by atoms with E-state index in [1.165, 1.54) is 6.07 Å². The lowest BCUT2D eigenvalue weighted by molar-refractivity contribution is 0.342. The number of hydrogen-bond donors (Lipinski definition) is 1. The highest BCUT2D eigenvalue weighted by Crippen LogP contribution is 2.18. The van der Waals surface area contributed by atoms with Crippen LogP contribution in [0.5, 0.6) is 5.75 Å². The molecule has 0 heterocycles. The van der Waals surface area contributed by atoms with Crippen LogP contribution in [0.15, 0.2) is 54.6 Å². The molecule has 0 unspecified atom stereocenters. The van der Waals surface area contributed by atoms with Gasteiger partial charge in [-0.15, -0.1) is 0 Å². The van der Waals surface area contributed by atoms with E-state index in [1.807, 2.05) is 55.6 Å². The zero-order chi connectivity index (χ0) is 14.2. The third kappa shape index (κ3) is 4.21. The molecule has 104 valence electrons. The highest BCUT2D eigenvalue weighted by atomic mass is 19.1. The Morgan fingerprint density at radius 2 is 1.95 bits per heavy atom. The first-order chi connectivity index (χ1) is 9.79. The van der Waals surface area contributed by atoms with E-state index in [4.69, 9.17) is 4.74 Å². The maximum absolute atomic E-state index is 13.7. The molecule has 0 aliphatic rings. The summed E-state index contributed by atoms with van der Waals surface area (Å²) < 4.78 is 19.2. The van der Waals surface area contributed by atoms with E-state index in [2.05, 4.69) is 5.32 Å². The minimum absolute atomic E-state index is 0.280. The molecule has 0 saturated carbocycles. The molecule has 0 aliphatic heterocycles. The van der Waals surface area contributed by atoms with Crippen LogP contribution in [0.3, 0.4) is 0 Å². The van der Waals surface area contributed by atoms with Crippen LogP contribution in [0.2, 0.25) is 0 Å². The van der Waals surface area contributed by atoms with Crippen LogP contribution >= 0.6 is 0 Å². The quantitative estimate of drug-likeness (QED) is 0.866. The maximum Gasteiger partial charge on any atom is 0.165 e. The van der Waals surface area contributed by atoms with Gasteiger partial charge in [0, 0.05) is 6.54 Å². The van der Waals surface area contributed by atoms with Crippen LogP contribution in [0.25, 0.3) is 6.08 Å². The molecule has 0 saturated heterocycles. The van der Waals surface area contributed by atoms with E-state index in [1.54, 1.807) is 6.07 Å². The summed E-state index contributed by atoms with van der Waals surface area (Å²) in [6.45, 7) is 0.988. The first-order valence-electron chi connectivity index (χ1n) is 6.57. The van der Waals surface area contributed by atoms with E-state index in [0.29, 0.717) is 13.2 Å². The van der Waals surface area contributed by atoms with Gasteiger partial charge in [-0.1, -0.05) is 42.5 Å². The van der Waals surface area contributed by atoms with Gasteiger partial charge in [-0.2, -0.15) is 0 Å². The van der Waals surface area contributed by atoms with E-state index in [9.17, 15) is 4.39 Å². The molecule has 2 aromatic carbocycles. The molecule has 0 spiro atoms. The standard InChI is InChI=1S/C17H18FNO/c1-19-13-15-9-10-17(16(18)12-15)20-11-5-8-14-6-3-2-4-7-14/h2-10,12,19H,11,13H2,1H3/b8-5+. The highest BCUT2D eigenvalue weighted by molar-refractivity contribution is 5.48. The van der Waals surface area contributed by atoms with Crippen LogP contribution < -0.4 is 10.1 Å². The fraction of sp³-hybridized carbons (Fsp3) is 0.176. The molecule has 2 rings (SSSR count). The van der Waals surface area contributed by atoms with Crippen molar-refractivity contribution in [2.45, 2.75) is 6.54 Å². The maximum atomic E-state index is 13.7. The zero-order valence-corrected chi connectivity index (χ0v) is 11.5. The summed E-state index contributed by atoms with van der Waals surface area (Å²) in [5.74, 6) is -0.0478. The summed E-state index contributed by atoms with van der Waals surface area (Å²) in [4.78, 5) is 0. The number of hydrogen-bond acceptors (Lipinski definition) is 2. The zero-order valence-electron chi connectivity index (χ0n) is 11.5. The smallest absolute Gasteiger partial charge is 0.165 e. The van der Waals surface area contributed by atoms with Gasteiger partial charge in [0.1, 0.15) is 6.61 Å². The van der Waals surface area contributed by atoms with E-state index in [0.717, 1.165) is 11.1 Å². The van der Waals surface area contributed by atoms with Crippen molar-refractivity contribution >= 4 is 6.08 Å². The molecule has 0 radical (unpaired) electrons. The predicted molar refractivity (Wildman–Crippen MR) is 80.1 cm³/mol. The molecule has 0 aliphatic carbocycles. The van der Waals surface area contributed by atoms with Gasteiger partial charge in [0.15, 0.2) is 11.6 Å². The van der Waals surface area contributed by atoms with E-state index >= 15 is 0 Å². The molecule has 1 N–H and O–H groups in total. The minimum atomic E-state index is -0.328. The van der Waals surface area contributed by atoms with Gasteiger partial charge in [0.05, 0.1) is 0 Å². The van der Waals surface area contributed by atoms with Crippen LogP contribution in [0.4, 0.5) is 4.39 Å². The average molecular weight is 271 g/mol.